The summed E-state index contributed by atoms with van der Waals surface area (Å²) in [5, 5.41) is 13.9. The lowest BCUT2D eigenvalue weighted by Gasteiger charge is -2.06. The van der Waals surface area contributed by atoms with Gasteiger partial charge in [0.2, 0.25) is 0 Å². The van der Waals surface area contributed by atoms with E-state index in [1.165, 1.54) is 6.33 Å². The minimum Gasteiger partial charge on any atom is -0.334 e. The molecular weight excluding hydrogens is 356 g/mol. The number of nitrogens with one attached hydrogen (secondary N) is 2. The van der Waals surface area contributed by atoms with E-state index in [0.29, 0.717) is 24.7 Å². The van der Waals surface area contributed by atoms with Crippen molar-refractivity contribution in [2.24, 2.45) is 0 Å². The van der Waals surface area contributed by atoms with Gasteiger partial charge in [0, 0.05) is 25.0 Å². The number of rotatable bonds is 6. The highest BCUT2D eigenvalue weighted by molar-refractivity contribution is 5.88. The minimum atomic E-state index is -0.328. The van der Waals surface area contributed by atoms with Crippen LogP contribution >= 0.6 is 0 Å². The van der Waals surface area contributed by atoms with Gasteiger partial charge in [-0.05, 0) is 17.2 Å². The average Bonchev–Trinajstić information content (AvgIpc) is 3.40. The summed E-state index contributed by atoms with van der Waals surface area (Å²) in [6.45, 7) is 0.995. The van der Waals surface area contributed by atoms with Crippen molar-refractivity contribution in [3.8, 4) is 5.82 Å². The molecule has 2 N–H and O–H groups in total. The Bertz CT molecular complexity index is 1030. The van der Waals surface area contributed by atoms with Crippen LogP contribution in [0.25, 0.3) is 5.82 Å². The Morgan fingerprint density at radius 3 is 2.68 bits per heavy atom. The number of aromatic nitrogens is 6. The molecule has 0 aliphatic heterocycles. The van der Waals surface area contributed by atoms with Gasteiger partial charge in [-0.15, -0.1) is 0 Å². The summed E-state index contributed by atoms with van der Waals surface area (Å²) in [7, 11) is 0. The van der Waals surface area contributed by atoms with Crippen LogP contribution < -0.4 is 10.6 Å². The fourth-order valence-electron chi connectivity index (χ4n) is 2.61. The van der Waals surface area contributed by atoms with Gasteiger partial charge in [-0.2, -0.15) is 10.2 Å². The molecule has 0 radical (unpaired) electrons. The van der Waals surface area contributed by atoms with Crippen LogP contribution in [0.2, 0.25) is 0 Å². The molecule has 0 aliphatic carbocycles. The molecule has 140 valence electrons. The molecular formula is C19H18N8O. The van der Waals surface area contributed by atoms with Crippen LogP contribution in [-0.4, -0.2) is 35.6 Å². The lowest BCUT2D eigenvalue weighted by Crippen LogP contribution is -2.28. The zero-order chi connectivity index (χ0) is 19.2. The maximum absolute atomic E-state index is 12.1. The van der Waals surface area contributed by atoms with Gasteiger partial charge in [-0.1, -0.05) is 36.4 Å². The summed E-state index contributed by atoms with van der Waals surface area (Å²) in [5.41, 5.74) is 2.01. The third-order valence-electron chi connectivity index (χ3n) is 3.99. The first-order chi connectivity index (χ1) is 13.8. The molecule has 4 aromatic rings. The van der Waals surface area contributed by atoms with E-state index >= 15 is 0 Å². The topological polar surface area (TPSA) is 103 Å². The predicted molar refractivity (Wildman–Crippen MR) is 103 cm³/mol. The van der Waals surface area contributed by atoms with Gasteiger partial charge >= 0.3 is 6.03 Å². The highest BCUT2D eigenvalue weighted by atomic mass is 16.2. The molecule has 4 rings (SSSR count). The van der Waals surface area contributed by atoms with E-state index in [1.54, 1.807) is 28.0 Å². The van der Waals surface area contributed by atoms with Gasteiger partial charge < -0.3 is 5.32 Å². The fourth-order valence-corrected chi connectivity index (χ4v) is 2.61. The minimum absolute atomic E-state index is 0.328. The van der Waals surface area contributed by atoms with Crippen LogP contribution in [0.1, 0.15) is 11.1 Å². The summed E-state index contributed by atoms with van der Waals surface area (Å²) < 4.78 is 3.34. The molecule has 9 heteroatoms. The van der Waals surface area contributed by atoms with Crippen molar-refractivity contribution in [2.75, 3.05) is 5.32 Å². The van der Waals surface area contributed by atoms with Crippen molar-refractivity contribution < 1.29 is 4.79 Å². The SMILES string of the molecule is O=C(NCc1ccc(-n2cncn2)nc1)Nc1ccn(Cc2ccccc2)n1. The summed E-state index contributed by atoms with van der Waals surface area (Å²) >= 11 is 0. The number of hydrogen-bond donors (Lipinski definition) is 2. The van der Waals surface area contributed by atoms with Crippen molar-refractivity contribution in [1.82, 2.24) is 34.8 Å². The summed E-state index contributed by atoms with van der Waals surface area (Å²) in [5.74, 6) is 1.16. The van der Waals surface area contributed by atoms with Gasteiger partial charge in [0.15, 0.2) is 11.6 Å². The first-order valence-electron chi connectivity index (χ1n) is 8.68. The van der Waals surface area contributed by atoms with Crippen LogP contribution in [0.15, 0.2) is 73.6 Å². The number of hydrogen-bond acceptors (Lipinski definition) is 5. The van der Waals surface area contributed by atoms with Crippen molar-refractivity contribution in [2.45, 2.75) is 13.1 Å². The van der Waals surface area contributed by atoms with Gasteiger partial charge in [0.25, 0.3) is 0 Å². The van der Waals surface area contributed by atoms with E-state index in [9.17, 15) is 4.79 Å². The molecule has 0 saturated carbocycles. The van der Waals surface area contributed by atoms with Crippen molar-refractivity contribution >= 4 is 11.8 Å². The van der Waals surface area contributed by atoms with E-state index in [-0.39, 0.29) is 6.03 Å². The lowest BCUT2D eigenvalue weighted by molar-refractivity contribution is 0.251. The van der Waals surface area contributed by atoms with Crippen molar-refractivity contribution in [1.29, 1.82) is 0 Å². The lowest BCUT2D eigenvalue weighted by atomic mass is 10.2. The summed E-state index contributed by atoms with van der Waals surface area (Å²) in [6, 6.07) is 15.1. The van der Waals surface area contributed by atoms with E-state index in [4.69, 9.17) is 0 Å². The number of carbonyl (C=O) groups is 1. The molecule has 1 aromatic carbocycles. The highest BCUT2D eigenvalue weighted by Crippen LogP contribution is 2.07. The second kappa shape index (κ2) is 8.12. The third kappa shape index (κ3) is 4.39. The molecule has 0 atom stereocenters. The standard InChI is InChI=1S/C19H18N8O/c28-19(22-11-16-6-7-18(21-10-16)27-14-20-13-23-27)24-17-8-9-26(25-17)12-15-4-2-1-3-5-15/h1-10,13-14H,11-12H2,(H2,22,24,25,28). The maximum atomic E-state index is 12.1. The van der Waals surface area contributed by atoms with Crippen LogP contribution in [0.3, 0.4) is 0 Å². The number of carbonyl (C=O) groups excluding carboxylic acids is 1. The Hall–Kier alpha value is -4.01. The van der Waals surface area contributed by atoms with Crippen LogP contribution in [-0.2, 0) is 13.1 Å². The number of amides is 2. The first-order valence-corrected chi connectivity index (χ1v) is 8.68. The molecule has 0 unspecified atom stereocenters. The molecule has 0 aliphatic rings. The number of benzene rings is 1. The quantitative estimate of drug-likeness (QED) is 0.539. The molecule has 0 saturated heterocycles. The first kappa shape index (κ1) is 17.4. The monoisotopic (exact) mass is 374 g/mol. The van der Waals surface area contributed by atoms with E-state index < -0.39 is 0 Å². The van der Waals surface area contributed by atoms with Crippen molar-refractivity contribution in [3.63, 3.8) is 0 Å². The van der Waals surface area contributed by atoms with Crippen molar-refractivity contribution in [3.05, 3.63) is 84.7 Å². The second-order valence-corrected chi connectivity index (χ2v) is 6.06. The zero-order valence-electron chi connectivity index (χ0n) is 14.9. The molecule has 3 heterocycles. The Kier molecular flexibility index (Phi) is 5.05. The number of urea groups is 1. The Labute approximate surface area is 161 Å². The predicted octanol–water partition coefficient (Wildman–Crippen LogP) is 2.23. The number of pyridine rings is 1. The van der Waals surface area contributed by atoms with Crippen LogP contribution in [0, 0.1) is 0 Å². The smallest absolute Gasteiger partial charge is 0.320 e. The van der Waals surface area contributed by atoms with Gasteiger partial charge in [-0.3, -0.25) is 10.00 Å². The van der Waals surface area contributed by atoms with E-state index in [0.717, 1.165) is 11.1 Å². The zero-order valence-corrected chi connectivity index (χ0v) is 14.9. The van der Waals surface area contributed by atoms with Crippen LogP contribution in [0.5, 0.6) is 0 Å². The maximum Gasteiger partial charge on any atom is 0.320 e. The Morgan fingerprint density at radius 1 is 1.04 bits per heavy atom. The van der Waals surface area contributed by atoms with Gasteiger partial charge in [0.1, 0.15) is 12.7 Å². The average molecular weight is 374 g/mol. The number of anilines is 1. The molecule has 0 spiro atoms. The Balaban J connectivity index is 1.28. The molecule has 2 amide bonds. The largest absolute Gasteiger partial charge is 0.334 e. The van der Waals surface area contributed by atoms with E-state index in [1.807, 2.05) is 48.7 Å². The van der Waals surface area contributed by atoms with E-state index in [2.05, 4.69) is 30.8 Å². The number of nitrogens with zero attached hydrogens (tertiary/aromatic N) is 6. The fraction of sp³-hybridized carbons (Fsp3) is 0.105. The summed E-state index contributed by atoms with van der Waals surface area (Å²) in [4.78, 5) is 20.3. The molecule has 9 nitrogen and oxygen atoms in total. The van der Waals surface area contributed by atoms with Gasteiger partial charge in [-0.25, -0.2) is 19.4 Å². The Morgan fingerprint density at radius 2 is 1.93 bits per heavy atom. The second-order valence-electron chi connectivity index (χ2n) is 6.06. The normalized spacial score (nSPS) is 10.6. The highest BCUT2D eigenvalue weighted by Gasteiger charge is 2.06. The van der Waals surface area contributed by atoms with Crippen LogP contribution in [0.4, 0.5) is 10.6 Å². The van der Waals surface area contributed by atoms with Gasteiger partial charge in [0.05, 0.1) is 6.54 Å². The molecule has 0 fully saturated rings. The molecule has 0 bridgehead atoms. The summed E-state index contributed by atoms with van der Waals surface area (Å²) in [6.07, 6.45) is 6.54. The molecule has 28 heavy (non-hydrogen) atoms. The molecule has 3 aromatic heterocycles. The third-order valence-corrected chi connectivity index (χ3v) is 3.99.